The lowest BCUT2D eigenvalue weighted by Crippen LogP contribution is -2.37. The number of ether oxygens (including phenoxy) is 2. The van der Waals surface area contributed by atoms with Crippen molar-refractivity contribution >= 4 is 5.97 Å². The number of nitrogens with one attached hydrogen (secondary N) is 1. The van der Waals surface area contributed by atoms with Gasteiger partial charge < -0.3 is 25.0 Å². The van der Waals surface area contributed by atoms with Gasteiger partial charge in [0.1, 0.15) is 17.6 Å². The lowest BCUT2D eigenvalue weighted by molar-refractivity contribution is 0.0696. The minimum Gasteiger partial charge on any atom is -0.489 e. The van der Waals surface area contributed by atoms with E-state index >= 15 is 0 Å². The first-order chi connectivity index (χ1) is 16.5. The zero-order valence-electron chi connectivity index (χ0n) is 18.7. The van der Waals surface area contributed by atoms with Gasteiger partial charge in [0.15, 0.2) is 11.6 Å². The molecule has 3 N–H and O–H groups in total. The fourth-order valence-corrected chi connectivity index (χ4v) is 3.96. The fourth-order valence-electron chi connectivity index (χ4n) is 3.96. The maximum Gasteiger partial charge on any atom is 0.335 e. The SMILES string of the molecule is O=C(O)c1ccc(Oc2ccc3c(c2)CC[C@H](CNC[C@H](O)CCc2ccccc2)O3)c(F)c1. The lowest BCUT2D eigenvalue weighted by Gasteiger charge is -2.27. The minimum atomic E-state index is -1.19. The number of halogens is 1. The summed E-state index contributed by atoms with van der Waals surface area (Å²) >= 11 is 0. The van der Waals surface area contributed by atoms with Crippen LogP contribution in [0, 0.1) is 5.82 Å². The van der Waals surface area contributed by atoms with E-state index in [1.807, 2.05) is 24.3 Å². The Morgan fingerprint density at radius 1 is 1.15 bits per heavy atom. The average molecular weight is 466 g/mol. The molecule has 0 saturated carbocycles. The minimum absolute atomic E-state index is 0.00148. The predicted molar refractivity (Wildman–Crippen MR) is 126 cm³/mol. The van der Waals surface area contributed by atoms with Crippen LogP contribution in [0.4, 0.5) is 4.39 Å². The second kappa shape index (κ2) is 11.1. The molecule has 0 aromatic heterocycles. The van der Waals surface area contributed by atoms with Gasteiger partial charge in [-0.05, 0) is 73.2 Å². The molecule has 34 heavy (non-hydrogen) atoms. The second-order valence-corrected chi connectivity index (χ2v) is 8.44. The van der Waals surface area contributed by atoms with Gasteiger partial charge in [0.05, 0.1) is 11.7 Å². The molecule has 3 aromatic carbocycles. The van der Waals surface area contributed by atoms with E-state index in [1.165, 1.54) is 17.7 Å². The van der Waals surface area contributed by atoms with E-state index in [-0.39, 0.29) is 17.4 Å². The highest BCUT2D eigenvalue weighted by Gasteiger charge is 2.21. The summed E-state index contributed by atoms with van der Waals surface area (Å²) in [5, 5.41) is 22.5. The van der Waals surface area contributed by atoms with Gasteiger partial charge >= 0.3 is 5.97 Å². The molecule has 0 unspecified atom stereocenters. The third-order valence-corrected chi connectivity index (χ3v) is 5.83. The number of aromatic carboxylic acids is 1. The Labute approximate surface area is 198 Å². The van der Waals surface area contributed by atoms with E-state index in [1.54, 1.807) is 12.1 Å². The normalized spacial score (nSPS) is 15.8. The van der Waals surface area contributed by atoms with E-state index in [4.69, 9.17) is 14.6 Å². The van der Waals surface area contributed by atoms with Crippen LogP contribution >= 0.6 is 0 Å². The van der Waals surface area contributed by atoms with Crippen molar-refractivity contribution in [3.05, 3.63) is 89.2 Å². The summed E-state index contributed by atoms with van der Waals surface area (Å²) in [5.41, 5.74) is 2.06. The summed E-state index contributed by atoms with van der Waals surface area (Å²) in [6, 6.07) is 19.0. The van der Waals surface area contributed by atoms with Crippen LogP contribution in [0.3, 0.4) is 0 Å². The van der Waals surface area contributed by atoms with E-state index < -0.39 is 17.9 Å². The van der Waals surface area contributed by atoms with Gasteiger partial charge in [-0.1, -0.05) is 30.3 Å². The van der Waals surface area contributed by atoms with Crippen molar-refractivity contribution in [1.82, 2.24) is 5.32 Å². The number of rotatable bonds is 10. The Hall–Kier alpha value is -3.42. The quantitative estimate of drug-likeness (QED) is 0.406. The number of aliphatic hydroxyl groups excluding tert-OH is 1. The van der Waals surface area contributed by atoms with Crippen LogP contribution in [0.5, 0.6) is 17.2 Å². The summed E-state index contributed by atoms with van der Waals surface area (Å²) in [6.45, 7) is 1.15. The summed E-state index contributed by atoms with van der Waals surface area (Å²) in [6.07, 6.45) is 2.73. The maximum atomic E-state index is 14.2. The molecular weight excluding hydrogens is 437 g/mol. The summed E-state index contributed by atoms with van der Waals surface area (Å²) in [4.78, 5) is 11.0. The molecule has 178 valence electrons. The number of carbonyl (C=O) groups is 1. The molecule has 1 aliphatic rings. The number of aryl methyl sites for hydroxylation is 2. The van der Waals surface area contributed by atoms with Crippen molar-refractivity contribution in [2.45, 2.75) is 37.9 Å². The van der Waals surface area contributed by atoms with Crippen LogP contribution < -0.4 is 14.8 Å². The smallest absolute Gasteiger partial charge is 0.335 e. The summed E-state index contributed by atoms with van der Waals surface area (Å²) in [7, 11) is 0. The topological polar surface area (TPSA) is 88.0 Å². The molecule has 0 saturated heterocycles. The van der Waals surface area contributed by atoms with Crippen molar-refractivity contribution in [1.29, 1.82) is 0 Å². The average Bonchev–Trinajstić information content (AvgIpc) is 2.84. The third-order valence-electron chi connectivity index (χ3n) is 5.83. The molecule has 1 aliphatic heterocycles. The van der Waals surface area contributed by atoms with Crippen LogP contribution in [0.25, 0.3) is 0 Å². The Bertz CT molecular complexity index is 1120. The molecule has 1 heterocycles. The Balaban J connectivity index is 1.24. The van der Waals surface area contributed by atoms with Crippen LogP contribution in [0.15, 0.2) is 66.7 Å². The molecule has 2 atom stereocenters. The standard InChI is InChI=1S/C27H28FNO5/c28-24-15-20(27(31)32)8-12-26(24)33-22-11-13-25-19(14-22)7-10-23(34-25)17-29-16-21(30)9-6-18-4-2-1-3-5-18/h1-5,8,11-15,21,23,29-30H,6-7,9-10,16-17H2,(H,31,32)/t21-,23-/m1/s1. The Morgan fingerprint density at radius 3 is 2.74 bits per heavy atom. The molecule has 0 fully saturated rings. The van der Waals surface area contributed by atoms with Gasteiger partial charge in [0, 0.05) is 13.1 Å². The highest BCUT2D eigenvalue weighted by atomic mass is 19.1. The van der Waals surface area contributed by atoms with Crippen LogP contribution in [-0.4, -0.2) is 41.5 Å². The highest BCUT2D eigenvalue weighted by Crippen LogP contribution is 2.33. The van der Waals surface area contributed by atoms with Gasteiger partial charge in [-0.15, -0.1) is 0 Å². The number of fused-ring (bicyclic) bond motifs is 1. The van der Waals surface area contributed by atoms with Crippen LogP contribution in [-0.2, 0) is 12.8 Å². The fraction of sp³-hybridized carbons (Fsp3) is 0.296. The van der Waals surface area contributed by atoms with E-state index in [0.717, 1.165) is 36.6 Å². The van der Waals surface area contributed by atoms with Crippen LogP contribution in [0.1, 0.15) is 34.3 Å². The summed E-state index contributed by atoms with van der Waals surface area (Å²) in [5.74, 6) is -0.734. The van der Waals surface area contributed by atoms with Gasteiger partial charge in [0.25, 0.3) is 0 Å². The third kappa shape index (κ3) is 6.34. The first-order valence-corrected chi connectivity index (χ1v) is 11.4. The second-order valence-electron chi connectivity index (χ2n) is 8.44. The molecule has 7 heteroatoms. The number of aliphatic hydroxyl groups is 1. The largest absolute Gasteiger partial charge is 0.489 e. The number of carboxylic acids is 1. The number of carboxylic acid groups (broad SMARTS) is 1. The monoisotopic (exact) mass is 465 g/mol. The molecule has 0 radical (unpaired) electrons. The van der Waals surface area contributed by atoms with Crippen molar-refractivity contribution in [2.24, 2.45) is 0 Å². The molecule has 0 amide bonds. The first kappa shape index (κ1) is 23.7. The maximum absolute atomic E-state index is 14.2. The molecular formula is C27H28FNO5. The van der Waals surface area contributed by atoms with Gasteiger partial charge in [-0.3, -0.25) is 0 Å². The van der Waals surface area contributed by atoms with Gasteiger partial charge in [-0.2, -0.15) is 0 Å². The summed E-state index contributed by atoms with van der Waals surface area (Å²) < 4.78 is 25.9. The molecule has 0 spiro atoms. The van der Waals surface area contributed by atoms with Crippen molar-refractivity contribution in [3.63, 3.8) is 0 Å². The zero-order valence-corrected chi connectivity index (χ0v) is 18.7. The first-order valence-electron chi connectivity index (χ1n) is 11.4. The molecule has 3 aromatic rings. The van der Waals surface area contributed by atoms with E-state index in [2.05, 4.69) is 17.4 Å². The molecule has 0 aliphatic carbocycles. The van der Waals surface area contributed by atoms with Crippen molar-refractivity contribution < 1.29 is 28.9 Å². The van der Waals surface area contributed by atoms with E-state index in [9.17, 15) is 14.3 Å². The molecule has 4 rings (SSSR count). The van der Waals surface area contributed by atoms with Gasteiger partial charge in [0.2, 0.25) is 0 Å². The zero-order chi connectivity index (χ0) is 23.9. The predicted octanol–water partition coefficient (Wildman–Crippen LogP) is 4.59. The Morgan fingerprint density at radius 2 is 1.97 bits per heavy atom. The van der Waals surface area contributed by atoms with Crippen LogP contribution in [0.2, 0.25) is 0 Å². The number of hydrogen-bond donors (Lipinski definition) is 3. The van der Waals surface area contributed by atoms with E-state index in [0.29, 0.717) is 25.3 Å². The molecule has 6 nitrogen and oxygen atoms in total. The van der Waals surface area contributed by atoms with Crippen molar-refractivity contribution in [3.8, 4) is 17.2 Å². The number of hydrogen-bond acceptors (Lipinski definition) is 5. The Kier molecular flexibility index (Phi) is 7.77. The lowest BCUT2D eigenvalue weighted by atomic mass is 10.0. The van der Waals surface area contributed by atoms with Crippen molar-refractivity contribution in [2.75, 3.05) is 13.1 Å². The highest BCUT2D eigenvalue weighted by molar-refractivity contribution is 5.87. The molecule has 0 bridgehead atoms. The van der Waals surface area contributed by atoms with Gasteiger partial charge in [-0.25, -0.2) is 9.18 Å². The number of benzene rings is 3.